The Kier molecular flexibility index (Phi) is 5.70. The number of rotatable bonds is 5. The third-order valence-corrected chi connectivity index (χ3v) is 4.23. The van der Waals surface area contributed by atoms with Crippen LogP contribution in [0.15, 0.2) is 46.1 Å². The number of hydrogen-bond acceptors (Lipinski definition) is 7. The molecule has 32 heavy (non-hydrogen) atoms. The van der Waals surface area contributed by atoms with Gasteiger partial charge in [-0.2, -0.15) is 13.2 Å². The molecule has 168 valence electrons. The van der Waals surface area contributed by atoms with Crippen molar-refractivity contribution >= 4 is 5.69 Å². The van der Waals surface area contributed by atoms with Gasteiger partial charge in [0.05, 0.1) is 23.8 Å². The van der Waals surface area contributed by atoms with Crippen LogP contribution in [0.4, 0.5) is 23.2 Å². The summed E-state index contributed by atoms with van der Waals surface area (Å²) in [6.45, 7) is 0. The number of hydrogen-bond donors (Lipinski definition) is 0. The van der Waals surface area contributed by atoms with Crippen LogP contribution >= 0.6 is 0 Å². The van der Waals surface area contributed by atoms with Crippen molar-refractivity contribution in [3.05, 3.63) is 79.0 Å². The first kappa shape index (κ1) is 22.5. The van der Waals surface area contributed by atoms with E-state index in [1.165, 1.54) is 25.4 Å². The van der Waals surface area contributed by atoms with E-state index < -0.39 is 51.0 Å². The van der Waals surface area contributed by atoms with Crippen LogP contribution in [-0.4, -0.2) is 26.2 Å². The molecule has 0 aliphatic rings. The zero-order chi connectivity index (χ0) is 23.8. The number of benzene rings is 1. The van der Waals surface area contributed by atoms with E-state index in [1.54, 1.807) is 0 Å². The molecule has 3 aromatic rings. The number of nitro benzene ring substituents is 1. The molecule has 0 saturated heterocycles. The summed E-state index contributed by atoms with van der Waals surface area (Å²) in [5.41, 5.74) is -6.31. The summed E-state index contributed by atoms with van der Waals surface area (Å²) in [6, 6.07) is 3.85. The van der Waals surface area contributed by atoms with Crippen LogP contribution in [-0.2, 0) is 13.2 Å². The monoisotopic (exact) mass is 456 g/mol. The van der Waals surface area contributed by atoms with E-state index in [0.29, 0.717) is 12.1 Å². The topological polar surface area (TPSA) is 118 Å². The van der Waals surface area contributed by atoms with Gasteiger partial charge in [-0.05, 0) is 12.1 Å². The SMILES string of the molecule is COc1ncccc1Oc1cc(-n2c(=O)cc(C(F)(F)F)n(C)c2=O)c(F)cc1[N+](=O)[O-]. The lowest BCUT2D eigenvalue weighted by atomic mass is 10.2. The highest BCUT2D eigenvalue weighted by atomic mass is 19.4. The largest absolute Gasteiger partial charge is 0.478 e. The minimum Gasteiger partial charge on any atom is -0.478 e. The van der Waals surface area contributed by atoms with Crippen molar-refractivity contribution in [3.8, 4) is 23.1 Å². The molecule has 0 N–H and O–H groups in total. The molecular weight excluding hydrogens is 444 g/mol. The maximum absolute atomic E-state index is 14.7. The fraction of sp³-hybridized carbons (Fsp3) is 0.167. The molecule has 0 aliphatic carbocycles. The predicted molar refractivity (Wildman–Crippen MR) is 99.8 cm³/mol. The minimum atomic E-state index is -5.02. The van der Waals surface area contributed by atoms with Crippen LogP contribution in [0.3, 0.4) is 0 Å². The van der Waals surface area contributed by atoms with Crippen molar-refractivity contribution in [2.75, 3.05) is 7.11 Å². The Morgan fingerprint density at radius 3 is 2.44 bits per heavy atom. The van der Waals surface area contributed by atoms with Crippen molar-refractivity contribution in [2.45, 2.75) is 6.18 Å². The summed E-state index contributed by atoms with van der Waals surface area (Å²) in [5.74, 6) is -2.24. The number of nitrogens with zero attached hydrogens (tertiary/aromatic N) is 4. The number of aromatic nitrogens is 3. The highest BCUT2D eigenvalue weighted by molar-refractivity contribution is 5.56. The van der Waals surface area contributed by atoms with Crippen LogP contribution in [0.25, 0.3) is 5.69 Å². The standard InChI is InChI=1S/C18H12F4N4O6/c1-24-14(18(20,21)22)8-15(27)25(17(24)28)10-7-13(11(26(29)30)6-9(10)19)32-12-4-3-5-23-16(12)31-2/h3-8H,1-2H3. The van der Waals surface area contributed by atoms with E-state index in [-0.39, 0.29) is 26.8 Å². The Balaban J connectivity index is 2.27. The highest BCUT2D eigenvalue weighted by Gasteiger charge is 2.35. The molecule has 1 aromatic carbocycles. The Hall–Kier alpha value is -4.23. The van der Waals surface area contributed by atoms with Gasteiger partial charge >= 0.3 is 17.6 Å². The quantitative estimate of drug-likeness (QED) is 0.329. The average molecular weight is 456 g/mol. The van der Waals surface area contributed by atoms with E-state index in [1.807, 2.05) is 0 Å². The van der Waals surface area contributed by atoms with E-state index in [4.69, 9.17) is 9.47 Å². The Labute approximate surface area is 175 Å². The molecule has 0 radical (unpaired) electrons. The van der Waals surface area contributed by atoms with Gasteiger partial charge < -0.3 is 9.47 Å². The predicted octanol–water partition coefficient (Wildman–Crippen LogP) is 2.80. The molecule has 2 aromatic heterocycles. The van der Waals surface area contributed by atoms with Crippen LogP contribution in [0.1, 0.15) is 5.69 Å². The van der Waals surface area contributed by atoms with Gasteiger partial charge in [0.2, 0.25) is 5.75 Å². The maximum Gasteiger partial charge on any atom is 0.431 e. The van der Waals surface area contributed by atoms with Crippen molar-refractivity contribution in [3.63, 3.8) is 0 Å². The molecule has 0 atom stereocenters. The molecule has 0 unspecified atom stereocenters. The second kappa shape index (κ2) is 8.13. The number of alkyl halides is 3. The lowest BCUT2D eigenvalue weighted by Crippen LogP contribution is -2.41. The molecule has 14 heteroatoms. The zero-order valence-electron chi connectivity index (χ0n) is 16.2. The third-order valence-electron chi connectivity index (χ3n) is 4.23. The summed E-state index contributed by atoms with van der Waals surface area (Å²) in [4.78, 5) is 38.9. The summed E-state index contributed by atoms with van der Waals surface area (Å²) < 4.78 is 64.4. The Bertz CT molecular complexity index is 1330. The first-order chi connectivity index (χ1) is 15.0. The number of pyridine rings is 1. The molecule has 0 spiro atoms. The summed E-state index contributed by atoms with van der Waals surface area (Å²) >= 11 is 0. The number of methoxy groups -OCH3 is 1. The Morgan fingerprint density at radius 2 is 1.84 bits per heavy atom. The number of nitro groups is 1. The van der Waals surface area contributed by atoms with Crippen LogP contribution < -0.4 is 20.7 Å². The van der Waals surface area contributed by atoms with Gasteiger partial charge in [-0.15, -0.1) is 0 Å². The van der Waals surface area contributed by atoms with Crippen LogP contribution in [0.5, 0.6) is 17.4 Å². The molecule has 0 amide bonds. The molecule has 0 aliphatic heterocycles. The van der Waals surface area contributed by atoms with Crippen molar-refractivity contribution in [2.24, 2.45) is 7.05 Å². The van der Waals surface area contributed by atoms with Crippen molar-refractivity contribution in [1.82, 2.24) is 14.1 Å². The van der Waals surface area contributed by atoms with Crippen LogP contribution in [0, 0.1) is 15.9 Å². The lowest BCUT2D eigenvalue weighted by molar-refractivity contribution is -0.385. The van der Waals surface area contributed by atoms with Crippen molar-refractivity contribution in [1.29, 1.82) is 0 Å². The second-order valence-corrected chi connectivity index (χ2v) is 6.18. The highest BCUT2D eigenvalue weighted by Crippen LogP contribution is 2.37. The molecule has 10 nitrogen and oxygen atoms in total. The Morgan fingerprint density at radius 1 is 1.16 bits per heavy atom. The molecule has 0 saturated carbocycles. The third kappa shape index (κ3) is 4.01. The first-order valence-electron chi connectivity index (χ1n) is 8.51. The molecule has 2 heterocycles. The molecule has 0 fully saturated rings. The van der Waals surface area contributed by atoms with Crippen molar-refractivity contribution < 1.29 is 32.0 Å². The molecule has 0 bridgehead atoms. The maximum atomic E-state index is 14.7. The molecule has 3 rings (SSSR count). The summed E-state index contributed by atoms with van der Waals surface area (Å²) in [7, 11) is 1.98. The normalized spacial score (nSPS) is 11.3. The van der Waals surface area contributed by atoms with E-state index >= 15 is 0 Å². The van der Waals surface area contributed by atoms with Gasteiger partial charge in [0.1, 0.15) is 5.69 Å². The zero-order valence-corrected chi connectivity index (χ0v) is 16.2. The number of ether oxygens (including phenoxy) is 2. The van der Waals surface area contributed by atoms with E-state index in [9.17, 15) is 37.3 Å². The number of halogens is 4. The molecular formula is C18H12F4N4O6. The van der Waals surface area contributed by atoms with Crippen LogP contribution in [0.2, 0.25) is 0 Å². The fourth-order valence-electron chi connectivity index (χ4n) is 2.77. The van der Waals surface area contributed by atoms with Gasteiger partial charge in [-0.1, -0.05) is 0 Å². The van der Waals surface area contributed by atoms with Gasteiger partial charge in [0.15, 0.2) is 11.6 Å². The van der Waals surface area contributed by atoms with Gasteiger partial charge in [0, 0.05) is 25.4 Å². The fourth-order valence-corrected chi connectivity index (χ4v) is 2.77. The average Bonchev–Trinajstić information content (AvgIpc) is 2.72. The summed E-state index contributed by atoms with van der Waals surface area (Å²) in [6.07, 6.45) is -3.69. The second-order valence-electron chi connectivity index (χ2n) is 6.18. The first-order valence-corrected chi connectivity index (χ1v) is 8.51. The van der Waals surface area contributed by atoms with Gasteiger partial charge in [-0.25, -0.2) is 18.7 Å². The smallest absolute Gasteiger partial charge is 0.431 e. The summed E-state index contributed by atoms with van der Waals surface area (Å²) in [5, 5.41) is 11.4. The van der Waals surface area contributed by atoms with Gasteiger partial charge in [0.25, 0.3) is 11.4 Å². The van der Waals surface area contributed by atoms with E-state index in [0.717, 1.165) is 7.05 Å². The minimum absolute atomic E-state index is 0.0877. The van der Waals surface area contributed by atoms with E-state index in [2.05, 4.69) is 4.98 Å². The lowest BCUT2D eigenvalue weighted by Gasteiger charge is -2.15. The van der Waals surface area contributed by atoms with Gasteiger partial charge in [-0.3, -0.25) is 19.5 Å².